The molecule has 0 aromatic heterocycles. The van der Waals surface area contributed by atoms with Crippen molar-refractivity contribution in [1.82, 2.24) is 0 Å². The van der Waals surface area contributed by atoms with Crippen LogP contribution in [0.2, 0.25) is 0 Å². The molecule has 9 heavy (non-hydrogen) atoms. The van der Waals surface area contributed by atoms with Crippen LogP contribution in [0.25, 0.3) is 0 Å². The molecule has 1 heterocycles. The van der Waals surface area contributed by atoms with Crippen molar-refractivity contribution >= 4 is 0 Å². The molecule has 1 saturated carbocycles. The largest absolute Gasteiger partial charge is 0.370 e. The van der Waals surface area contributed by atoms with Gasteiger partial charge < -0.3 is 4.74 Å². The Balaban J connectivity index is 1.90. The van der Waals surface area contributed by atoms with E-state index in [9.17, 15) is 0 Å². The first-order chi connectivity index (χ1) is 4.27. The van der Waals surface area contributed by atoms with E-state index in [1.807, 2.05) is 0 Å². The number of hydrogen-bond donors (Lipinski definition) is 0. The summed E-state index contributed by atoms with van der Waals surface area (Å²) in [6, 6.07) is 0. The van der Waals surface area contributed by atoms with Gasteiger partial charge in [-0.25, -0.2) is 0 Å². The fourth-order valence-corrected chi connectivity index (χ4v) is 1.83. The van der Waals surface area contributed by atoms with Crippen LogP contribution in [0.4, 0.5) is 0 Å². The Kier molecular flexibility index (Phi) is 1.10. The first-order valence-electron chi connectivity index (χ1n) is 3.93. The van der Waals surface area contributed by atoms with Gasteiger partial charge in [0.1, 0.15) is 0 Å². The molecule has 0 N–H and O–H groups in total. The Morgan fingerprint density at radius 3 is 2.11 bits per heavy atom. The van der Waals surface area contributed by atoms with E-state index in [1.54, 1.807) is 0 Å². The van der Waals surface area contributed by atoms with Gasteiger partial charge in [0.05, 0.1) is 12.2 Å². The van der Waals surface area contributed by atoms with Gasteiger partial charge in [-0.05, 0) is 24.7 Å². The number of rotatable bonds is 1. The molecule has 0 spiro atoms. The molecule has 1 aliphatic carbocycles. The van der Waals surface area contributed by atoms with E-state index in [2.05, 4.69) is 13.8 Å². The van der Waals surface area contributed by atoms with Crippen molar-refractivity contribution in [2.24, 2.45) is 11.8 Å². The molecule has 0 aromatic carbocycles. The highest BCUT2D eigenvalue weighted by Crippen LogP contribution is 2.44. The van der Waals surface area contributed by atoms with Crippen LogP contribution in [0.1, 0.15) is 26.7 Å². The topological polar surface area (TPSA) is 12.5 Å². The SMILES string of the molecule is CC(C)[C@H]1C[C@@H]2O[C@@H]2C1. The van der Waals surface area contributed by atoms with Gasteiger partial charge in [-0.15, -0.1) is 0 Å². The highest BCUT2D eigenvalue weighted by Gasteiger charge is 2.48. The first-order valence-corrected chi connectivity index (χ1v) is 3.93. The molecule has 2 aliphatic rings. The molecule has 3 atom stereocenters. The monoisotopic (exact) mass is 126 g/mol. The molecule has 0 radical (unpaired) electrons. The Hall–Kier alpha value is -0.0400. The van der Waals surface area contributed by atoms with Crippen LogP contribution in [0.15, 0.2) is 0 Å². The quantitative estimate of drug-likeness (QED) is 0.488. The van der Waals surface area contributed by atoms with E-state index in [1.165, 1.54) is 12.8 Å². The zero-order valence-corrected chi connectivity index (χ0v) is 6.13. The first kappa shape index (κ1) is 5.72. The Bertz CT molecular complexity index is 110. The Labute approximate surface area is 56.4 Å². The van der Waals surface area contributed by atoms with E-state index in [0.717, 1.165) is 11.8 Å². The van der Waals surface area contributed by atoms with E-state index in [0.29, 0.717) is 12.2 Å². The van der Waals surface area contributed by atoms with Crippen molar-refractivity contribution in [3.8, 4) is 0 Å². The van der Waals surface area contributed by atoms with Gasteiger partial charge in [-0.2, -0.15) is 0 Å². The van der Waals surface area contributed by atoms with E-state index < -0.39 is 0 Å². The summed E-state index contributed by atoms with van der Waals surface area (Å²) >= 11 is 0. The molecule has 1 nitrogen and oxygen atoms in total. The fourth-order valence-electron chi connectivity index (χ4n) is 1.83. The third-order valence-electron chi connectivity index (χ3n) is 2.70. The van der Waals surface area contributed by atoms with Crippen molar-refractivity contribution in [2.45, 2.75) is 38.9 Å². The molecule has 1 aliphatic heterocycles. The molecule has 0 amide bonds. The Morgan fingerprint density at radius 2 is 1.78 bits per heavy atom. The summed E-state index contributed by atoms with van der Waals surface area (Å²) in [5.74, 6) is 1.84. The van der Waals surface area contributed by atoms with Crippen molar-refractivity contribution in [3.05, 3.63) is 0 Å². The van der Waals surface area contributed by atoms with Crippen LogP contribution >= 0.6 is 0 Å². The summed E-state index contributed by atoms with van der Waals surface area (Å²) in [4.78, 5) is 0. The summed E-state index contributed by atoms with van der Waals surface area (Å²) in [7, 11) is 0. The predicted octanol–water partition coefficient (Wildman–Crippen LogP) is 1.82. The Morgan fingerprint density at radius 1 is 1.22 bits per heavy atom. The van der Waals surface area contributed by atoms with E-state index in [4.69, 9.17) is 4.74 Å². The molecule has 1 saturated heterocycles. The lowest BCUT2D eigenvalue weighted by atomic mass is 9.94. The molecule has 2 rings (SSSR count). The number of hydrogen-bond acceptors (Lipinski definition) is 1. The summed E-state index contributed by atoms with van der Waals surface area (Å²) in [6.45, 7) is 4.63. The minimum atomic E-state index is 0.678. The smallest absolute Gasteiger partial charge is 0.0844 e. The van der Waals surface area contributed by atoms with Gasteiger partial charge >= 0.3 is 0 Å². The third kappa shape index (κ3) is 0.877. The molecule has 0 unspecified atom stereocenters. The van der Waals surface area contributed by atoms with Crippen LogP contribution in [0.3, 0.4) is 0 Å². The normalized spacial score (nSPS) is 47.7. The second-order valence-corrected chi connectivity index (χ2v) is 3.69. The van der Waals surface area contributed by atoms with E-state index >= 15 is 0 Å². The average Bonchev–Trinajstić information content (AvgIpc) is 2.40. The highest BCUT2D eigenvalue weighted by molar-refractivity contribution is 4.96. The summed E-state index contributed by atoms with van der Waals surface area (Å²) in [5, 5.41) is 0. The molecular weight excluding hydrogens is 112 g/mol. The van der Waals surface area contributed by atoms with Gasteiger partial charge in [-0.3, -0.25) is 0 Å². The molecule has 2 fully saturated rings. The maximum atomic E-state index is 5.33. The third-order valence-corrected chi connectivity index (χ3v) is 2.70. The van der Waals surface area contributed by atoms with Crippen LogP contribution in [0, 0.1) is 11.8 Å². The molecule has 1 heteroatoms. The number of fused-ring (bicyclic) bond motifs is 1. The van der Waals surface area contributed by atoms with Crippen LogP contribution in [-0.4, -0.2) is 12.2 Å². The van der Waals surface area contributed by atoms with Gasteiger partial charge in [0.15, 0.2) is 0 Å². The number of epoxide rings is 1. The highest BCUT2D eigenvalue weighted by atomic mass is 16.6. The molecule has 52 valence electrons. The summed E-state index contributed by atoms with van der Waals surface area (Å²) < 4.78 is 5.33. The molecule has 0 bridgehead atoms. The van der Waals surface area contributed by atoms with Gasteiger partial charge in [0, 0.05) is 0 Å². The van der Waals surface area contributed by atoms with Crippen molar-refractivity contribution in [1.29, 1.82) is 0 Å². The second kappa shape index (κ2) is 1.72. The van der Waals surface area contributed by atoms with Crippen LogP contribution in [-0.2, 0) is 4.74 Å². The van der Waals surface area contributed by atoms with E-state index in [-0.39, 0.29) is 0 Å². The lowest BCUT2D eigenvalue weighted by Crippen LogP contribution is -2.06. The minimum absolute atomic E-state index is 0.678. The van der Waals surface area contributed by atoms with Crippen LogP contribution in [0.5, 0.6) is 0 Å². The summed E-state index contributed by atoms with van der Waals surface area (Å²) in [6.07, 6.45) is 4.03. The zero-order valence-electron chi connectivity index (χ0n) is 6.13. The second-order valence-electron chi connectivity index (χ2n) is 3.69. The fraction of sp³-hybridized carbons (Fsp3) is 1.00. The maximum Gasteiger partial charge on any atom is 0.0844 e. The lowest BCUT2D eigenvalue weighted by Gasteiger charge is -2.14. The van der Waals surface area contributed by atoms with Gasteiger partial charge in [0.25, 0.3) is 0 Å². The van der Waals surface area contributed by atoms with Crippen molar-refractivity contribution < 1.29 is 4.74 Å². The van der Waals surface area contributed by atoms with Gasteiger partial charge in [-0.1, -0.05) is 13.8 Å². The minimum Gasteiger partial charge on any atom is -0.370 e. The van der Waals surface area contributed by atoms with Crippen molar-refractivity contribution in [2.75, 3.05) is 0 Å². The predicted molar refractivity (Wildman–Crippen MR) is 36.2 cm³/mol. The summed E-state index contributed by atoms with van der Waals surface area (Å²) in [5.41, 5.74) is 0. The molecule has 0 aromatic rings. The zero-order chi connectivity index (χ0) is 6.43. The standard InChI is InChI=1S/C8H14O/c1-5(2)6-3-7-8(4-6)9-7/h5-8H,3-4H2,1-2H3/t6-,7-,8+. The lowest BCUT2D eigenvalue weighted by molar-refractivity contribution is 0.236. The van der Waals surface area contributed by atoms with Crippen LogP contribution < -0.4 is 0 Å². The van der Waals surface area contributed by atoms with Gasteiger partial charge in [0.2, 0.25) is 0 Å². The molecular formula is C8H14O. The number of ether oxygens (including phenoxy) is 1. The maximum absolute atomic E-state index is 5.33. The average molecular weight is 126 g/mol. The van der Waals surface area contributed by atoms with Crippen molar-refractivity contribution in [3.63, 3.8) is 0 Å².